The fraction of sp³-hybridized carbons (Fsp3) is 0.440. The van der Waals surface area contributed by atoms with Crippen LogP contribution in [0.2, 0.25) is 0 Å². The van der Waals surface area contributed by atoms with Crippen molar-refractivity contribution in [3.05, 3.63) is 41.5 Å². The molecule has 1 heterocycles. The third kappa shape index (κ3) is 4.98. The maximum atomic E-state index is 11.9. The van der Waals surface area contributed by atoms with Crippen molar-refractivity contribution in [2.75, 3.05) is 20.8 Å². The SMILES string of the molecule is COc1ccc(-c2ccc3c(c2)CNC3=O)c(OCC(C)(C)CCC(C)C(=O)O)c1OC. The molecule has 0 spiro atoms. The Labute approximate surface area is 188 Å². The molecule has 0 aliphatic carbocycles. The standard InChI is InChI=1S/C25H31NO6/c1-15(24(28)29)10-11-25(2,3)14-32-21-18(8-9-20(30-4)22(21)31-5)16-6-7-19-17(12-16)13-26-23(19)27/h6-9,12,15H,10-11,13-14H2,1-5H3,(H,26,27)(H,28,29). The number of methoxy groups -OCH3 is 2. The molecular weight excluding hydrogens is 410 g/mol. The third-order valence-electron chi connectivity index (χ3n) is 5.88. The summed E-state index contributed by atoms with van der Waals surface area (Å²) in [5.74, 6) is 0.356. The predicted octanol–water partition coefficient (Wildman–Crippen LogP) is 4.52. The number of aliphatic carboxylic acids is 1. The molecule has 2 N–H and O–H groups in total. The summed E-state index contributed by atoms with van der Waals surface area (Å²) in [5, 5.41) is 12.0. The molecule has 1 amide bonds. The molecule has 2 aromatic rings. The van der Waals surface area contributed by atoms with Crippen LogP contribution in [-0.2, 0) is 11.3 Å². The number of benzene rings is 2. The van der Waals surface area contributed by atoms with Crippen LogP contribution in [-0.4, -0.2) is 37.8 Å². The van der Waals surface area contributed by atoms with Gasteiger partial charge in [-0.15, -0.1) is 0 Å². The highest BCUT2D eigenvalue weighted by Gasteiger charge is 2.26. The summed E-state index contributed by atoms with van der Waals surface area (Å²) >= 11 is 0. The molecule has 1 aliphatic heterocycles. The van der Waals surface area contributed by atoms with Crippen LogP contribution in [0.25, 0.3) is 11.1 Å². The van der Waals surface area contributed by atoms with Crippen molar-refractivity contribution in [1.29, 1.82) is 0 Å². The van der Waals surface area contributed by atoms with Crippen molar-refractivity contribution < 1.29 is 28.9 Å². The second-order valence-corrected chi connectivity index (χ2v) is 8.96. The molecule has 1 unspecified atom stereocenters. The summed E-state index contributed by atoms with van der Waals surface area (Å²) in [4.78, 5) is 23.1. The number of carbonyl (C=O) groups is 2. The maximum Gasteiger partial charge on any atom is 0.306 e. The molecule has 0 radical (unpaired) electrons. The molecule has 0 saturated carbocycles. The van der Waals surface area contributed by atoms with Crippen LogP contribution in [0.5, 0.6) is 17.2 Å². The highest BCUT2D eigenvalue weighted by molar-refractivity contribution is 5.99. The number of amides is 1. The van der Waals surface area contributed by atoms with E-state index in [4.69, 9.17) is 14.2 Å². The van der Waals surface area contributed by atoms with Gasteiger partial charge < -0.3 is 24.6 Å². The van der Waals surface area contributed by atoms with E-state index in [1.165, 1.54) is 0 Å². The van der Waals surface area contributed by atoms with E-state index in [0.717, 1.165) is 16.7 Å². The number of nitrogens with one attached hydrogen (secondary N) is 1. The van der Waals surface area contributed by atoms with Gasteiger partial charge in [0.25, 0.3) is 5.91 Å². The van der Waals surface area contributed by atoms with Gasteiger partial charge >= 0.3 is 5.97 Å². The van der Waals surface area contributed by atoms with Crippen LogP contribution < -0.4 is 19.5 Å². The molecule has 0 aromatic heterocycles. The van der Waals surface area contributed by atoms with E-state index < -0.39 is 11.9 Å². The zero-order valence-corrected chi connectivity index (χ0v) is 19.3. The Kier molecular flexibility index (Phi) is 6.96. The van der Waals surface area contributed by atoms with Crippen molar-refractivity contribution in [3.8, 4) is 28.4 Å². The smallest absolute Gasteiger partial charge is 0.306 e. The minimum Gasteiger partial charge on any atom is -0.493 e. The van der Waals surface area contributed by atoms with Gasteiger partial charge in [0, 0.05) is 17.7 Å². The number of carboxylic acids is 1. The van der Waals surface area contributed by atoms with Crippen LogP contribution in [0.3, 0.4) is 0 Å². The predicted molar refractivity (Wildman–Crippen MR) is 121 cm³/mol. The molecule has 0 saturated heterocycles. The van der Waals surface area contributed by atoms with Crippen molar-refractivity contribution in [2.24, 2.45) is 11.3 Å². The van der Waals surface area contributed by atoms with Gasteiger partial charge in [0.15, 0.2) is 11.5 Å². The molecule has 32 heavy (non-hydrogen) atoms. The van der Waals surface area contributed by atoms with Crippen molar-refractivity contribution in [3.63, 3.8) is 0 Å². The molecule has 2 aromatic carbocycles. The number of rotatable bonds is 10. The normalized spacial score (nSPS) is 13.8. The monoisotopic (exact) mass is 441 g/mol. The van der Waals surface area contributed by atoms with Crippen molar-refractivity contribution in [1.82, 2.24) is 5.32 Å². The van der Waals surface area contributed by atoms with E-state index in [1.807, 2.05) is 30.3 Å². The van der Waals surface area contributed by atoms with Gasteiger partial charge in [0.2, 0.25) is 5.75 Å². The summed E-state index contributed by atoms with van der Waals surface area (Å²) < 4.78 is 17.4. The molecule has 1 aliphatic rings. The Morgan fingerprint density at radius 1 is 1.12 bits per heavy atom. The molecule has 0 bridgehead atoms. The highest BCUT2D eigenvalue weighted by atomic mass is 16.5. The fourth-order valence-electron chi connectivity index (χ4n) is 3.74. The lowest BCUT2D eigenvalue weighted by atomic mass is 9.86. The zero-order chi connectivity index (χ0) is 23.5. The summed E-state index contributed by atoms with van der Waals surface area (Å²) in [7, 11) is 3.14. The first-order chi connectivity index (χ1) is 15.2. The zero-order valence-electron chi connectivity index (χ0n) is 19.3. The topological polar surface area (TPSA) is 94.1 Å². The van der Waals surface area contributed by atoms with Gasteiger partial charge in [0.1, 0.15) is 0 Å². The number of carboxylic acid groups (broad SMARTS) is 1. The van der Waals surface area contributed by atoms with Crippen LogP contribution in [0.1, 0.15) is 49.5 Å². The van der Waals surface area contributed by atoms with Crippen LogP contribution >= 0.6 is 0 Å². The number of ether oxygens (including phenoxy) is 3. The van der Waals surface area contributed by atoms with Gasteiger partial charge in [-0.05, 0) is 53.6 Å². The number of hydrogen-bond acceptors (Lipinski definition) is 5. The Hall–Kier alpha value is -3.22. The first-order valence-electron chi connectivity index (χ1n) is 10.7. The van der Waals surface area contributed by atoms with Crippen LogP contribution in [0, 0.1) is 11.3 Å². The Bertz CT molecular complexity index is 1010. The second kappa shape index (κ2) is 9.51. The number of fused-ring (bicyclic) bond motifs is 1. The van der Waals surface area contributed by atoms with Crippen LogP contribution in [0.4, 0.5) is 0 Å². The Balaban J connectivity index is 1.92. The van der Waals surface area contributed by atoms with Gasteiger partial charge in [-0.3, -0.25) is 9.59 Å². The maximum absolute atomic E-state index is 11.9. The van der Waals surface area contributed by atoms with Gasteiger partial charge in [0.05, 0.1) is 26.7 Å². The summed E-state index contributed by atoms with van der Waals surface area (Å²) in [6.45, 7) is 6.71. The average molecular weight is 442 g/mol. The lowest BCUT2D eigenvalue weighted by molar-refractivity contribution is -0.141. The molecule has 0 fully saturated rings. The lowest BCUT2D eigenvalue weighted by Crippen LogP contribution is -2.24. The van der Waals surface area contributed by atoms with Crippen LogP contribution in [0.15, 0.2) is 30.3 Å². The number of hydrogen-bond donors (Lipinski definition) is 2. The van der Waals surface area contributed by atoms with E-state index in [-0.39, 0.29) is 11.3 Å². The van der Waals surface area contributed by atoms with E-state index in [1.54, 1.807) is 21.1 Å². The van der Waals surface area contributed by atoms with Gasteiger partial charge in [-0.2, -0.15) is 0 Å². The summed E-state index contributed by atoms with van der Waals surface area (Å²) in [5.41, 5.74) is 3.12. The van der Waals surface area contributed by atoms with E-state index >= 15 is 0 Å². The largest absolute Gasteiger partial charge is 0.493 e. The number of carbonyl (C=O) groups excluding carboxylic acids is 1. The molecule has 3 rings (SSSR count). The van der Waals surface area contributed by atoms with Crippen molar-refractivity contribution >= 4 is 11.9 Å². The Morgan fingerprint density at radius 2 is 1.84 bits per heavy atom. The molecule has 1 atom stereocenters. The third-order valence-corrected chi connectivity index (χ3v) is 5.88. The average Bonchev–Trinajstić information content (AvgIpc) is 3.15. The highest BCUT2D eigenvalue weighted by Crippen LogP contribution is 2.45. The molecule has 7 nitrogen and oxygen atoms in total. The molecule has 172 valence electrons. The van der Waals surface area contributed by atoms with Crippen molar-refractivity contribution in [2.45, 2.75) is 40.2 Å². The molecule has 7 heteroatoms. The van der Waals surface area contributed by atoms with Gasteiger partial charge in [-0.1, -0.05) is 26.8 Å². The summed E-state index contributed by atoms with van der Waals surface area (Å²) in [6.07, 6.45) is 1.27. The minimum absolute atomic E-state index is 0.0623. The quantitative estimate of drug-likeness (QED) is 0.563. The van der Waals surface area contributed by atoms with E-state index in [2.05, 4.69) is 19.2 Å². The Morgan fingerprint density at radius 3 is 2.50 bits per heavy atom. The van der Waals surface area contributed by atoms with E-state index in [9.17, 15) is 14.7 Å². The van der Waals surface area contributed by atoms with E-state index in [0.29, 0.717) is 48.8 Å². The minimum atomic E-state index is -0.789. The van der Waals surface area contributed by atoms with Gasteiger partial charge in [-0.25, -0.2) is 0 Å². The second-order valence-electron chi connectivity index (χ2n) is 8.96. The first-order valence-corrected chi connectivity index (χ1v) is 10.7. The summed E-state index contributed by atoms with van der Waals surface area (Å²) in [6, 6.07) is 9.46. The fourth-order valence-corrected chi connectivity index (χ4v) is 3.74. The molecular formula is C25H31NO6. The lowest BCUT2D eigenvalue weighted by Gasteiger charge is -2.27. The first kappa shape index (κ1) is 23.4.